The Morgan fingerprint density at radius 3 is 2.23 bits per heavy atom. The number of allylic oxidation sites excluding steroid dienone is 6. The predicted molar refractivity (Wildman–Crippen MR) is 114 cm³/mol. The average molecular weight is 351 g/mol. The molecule has 1 amide bonds. The highest BCUT2D eigenvalue weighted by molar-refractivity contribution is 5.99. The van der Waals surface area contributed by atoms with Gasteiger partial charge >= 0.3 is 0 Å². The first-order valence-electron chi connectivity index (χ1n) is 8.10. The number of hydrogen-bond acceptors (Lipinski definition) is 2. The summed E-state index contributed by atoms with van der Waals surface area (Å²) in [4.78, 5) is 12.5. The lowest BCUT2D eigenvalue weighted by Crippen LogP contribution is -2.25. The minimum atomic E-state index is -0.218. The number of amides is 1. The summed E-state index contributed by atoms with van der Waals surface area (Å²) in [6, 6.07) is 8.02. The molecule has 0 radical (unpaired) electrons. The minimum absolute atomic E-state index is 0. The van der Waals surface area contributed by atoms with Crippen LogP contribution in [-0.2, 0) is 17.8 Å². The van der Waals surface area contributed by atoms with Crippen molar-refractivity contribution in [3.05, 3.63) is 109 Å². The van der Waals surface area contributed by atoms with Crippen molar-refractivity contribution in [3.63, 3.8) is 0 Å². The van der Waals surface area contributed by atoms with Gasteiger partial charge in [0.2, 0.25) is 0 Å². The summed E-state index contributed by atoms with van der Waals surface area (Å²) in [5.41, 5.74) is 9.38. The van der Waals surface area contributed by atoms with E-state index in [0.29, 0.717) is 29.8 Å². The molecule has 1 aromatic carbocycles. The van der Waals surface area contributed by atoms with Crippen molar-refractivity contribution in [2.75, 3.05) is 6.54 Å². The molecule has 3 heteroatoms. The van der Waals surface area contributed by atoms with Gasteiger partial charge in [-0.3, -0.25) is 4.79 Å². The summed E-state index contributed by atoms with van der Waals surface area (Å²) in [5.74, 6) is -0.218. The normalized spacial score (nSPS) is 10.7. The van der Waals surface area contributed by atoms with Crippen LogP contribution in [0.15, 0.2) is 97.7 Å². The monoisotopic (exact) mass is 350 g/mol. The SMILES string of the molecule is C.C=C/C=C\C(=C)C(=C)/C(=C\C=C)C(=O)NCc1ccc(CCN)cc1. The Labute approximate surface area is 158 Å². The van der Waals surface area contributed by atoms with Gasteiger partial charge in [-0.1, -0.05) is 82.3 Å². The van der Waals surface area contributed by atoms with E-state index in [1.54, 1.807) is 30.4 Å². The molecule has 0 aliphatic carbocycles. The molecule has 0 spiro atoms. The van der Waals surface area contributed by atoms with Crippen LogP contribution in [0.2, 0.25) is 0 Å². The lowest BCUT2D eigenvalue weighted by molar-refractivity contribution is -0.117. The Morgan fingerprint density at radius 1 is 1.08 bits per heavy atom. The van der Waals surface area contributed by atoms with Gasteiger partial charge in [-0.15, -0.1) is 0 Å². The van der Waals surface area contributed by atoms with E-state index >= 15 is 0 Å². The Balaban J connectivity index is 0.00000625. The van der Waals surface area contributed by atoms with E-state index in [4.69, 9.17) is 5.73 Å². The number of rotatable bonds is 10. The van der Waals surface area contributed by atoms with Gasteiger partial charge in [0.1, 0.15) is 0 Å². The zero-order chi connectivity index (χ0) is 18.7. The topological polar surface area (TPSA) is 55.1 Å². The van der Waals surface area contributed by atoms with E-state index in [1.165, 1.54) is 5.56 Å². The molecule has 0 atom stereocenters. The Bertz CT molecular complexity index is 706. The fraction of sp³-hybridized carbons (Fsp3) is 0.174. The molecular weight excluding hydrogens is 320 g/mol. The molecule has 0 saturated heterocycles. The second kappa shape index (κ2) is 12.5. The van der Waals surface area contributed by atoms with Crippen molar-refractivity contribution in [1.29, 1.82) is 0 Å². The van der Waals surface area contributed by atoms with Gasteiger partial charge in [-0.2, -0.15) is 0 Å². The van der Waals surface area contributed by atoms with E-state index in [1.807, 2.05) is 24.3 Å². The first-order valence-corrected chi connectivity index (χ1v) is 8.10. The molecule has 0 bridgehead atoms. The Kier molecular flexibility index (Phi) is 11.1. The van der Waals surface area contributed by atoms with E-state index in [9.17, 15) is 4.79 Å². The van der Waals surface area contributed by atoms with Crippen LogP contribution in [0.25, 0.3) is 0 Å². The third-order valence-electron chi connectivity index (χ3n) is 3.58. The molecule has 0 saturated carbocycles. The highest BCUT2D eigenvalue weighted by atomic mass is 16.1. The average Bonchev–Trinajstić information content (AvgIpc) is 2.63. The minimum Gasteiger partial charge on any atom is -0.348 e. The zero-order valence-electron chi connectivity index (χ0n) is 14.6. The fourth-order valence-corrected chi connectivity index (χ4v) is 2.16. The Morgan fingerprint density at radius 2 is 1.69 bits per heavy atom. The van der Waals surface area contributed by atoms with Gasteiger partial charge in [0, 0.05) is 12.1 Å². The van der Waals surface area contributed by atoms with Gasteiger partial charge in [0.15, 0.2) is 0 Å². The molecule has 0 aromatic heterocycles. The summed E-state index contributed by atoms with van der Waals surface area (Å²) in [7, 11) is 0. The van der Waals surface area contributed by atoms with Crippen LogP contribution in [-0.4, -0.2) is 12.5 Å². The van der Waals surface area contributed by atoms with Crippen LogP contribution in [0.3, 0.4) is 0 Å². The molecule has 0 aliphatic rings. The van der Waals surface area contributed by atoms with Crippen molar-refractivity contribution < 1.29 is 4.79 Å². The summed E-state index contributed by atoms with van der Waals surface area (Å²) < 4.78 is 0. The predicted octanol–water partition coefficient (Wildman–Crippen LogP) is 4.41. The molecule has 3 nitrogen and oxygen atoms in total. The fourth-order valence-electron chi connectivity index (χ4n) is 2.16. The number of carbonyl (C=O) groups excluding carboxylic acids is 1. The molecule has 138 valence electrons. The highest BCUT2D eigenvalue weighted by Crippen LogP contribution is 2.18. The number of nitrogens with one attached hydrogen (secondary N) is 1. The molecular formula is C23H30N2O. The van der Waals surface area contributed by atoms with Gasteiger partial charge in [0.25, 0.3) is 5.91 Å². The Hall–Kier alpha value is -2.91. The molecule has 0 unspecified atom stereocenters. The van der Waals surface area contributed by atoms with E-state index < -0.39 is 0 Å². The zero-order valence-corrected chi connectivity index (χ0v) is 14.6. The van der Waals surface area contributed by atoms with Gasteiger partial charge in [0.05, 0.1) is 0 Å². The number of hydrogen-bond donors (Lipinski definition) is 2. The van der Waals surface area contributed by atoms with Crippen LogP contribution in [0.5, 0.6) is 0 Å². The molecule has 1 aromatic rings. The molecule has 26 heavy (non-hydrogen) atoms. The summed E-state index contributed by atoms with van der Waals surface area (Å²) in [6.45, 7) is 16.2. The van der Waals surface area contributed by atoms with Gasteiger partial charge < -0.3 is 11.1 Å². The standard InChI is InChI=1S/C22H26N2O.CH4/c1-5-7-9-17(3)18(4)21(8-6-2)22(25)24-16-20-12-10-19(11-13-20)14-15-23;/h5-13H,1-4,14-16,23H2,(H,24,25);1H4/b9-7-,21-8+;. The maximum atomic E-state index is 12.5. The second-order valence-electron chi connectivity index (χ2n) is 5.45. The molecule has 0 fully saturated rings. The molecule has 0 aliphatic heterocycles. The maximum absolute atomic E-state index is 12.5. The summed E-state index contributed by atoms with van der Waals surface area (Å²) in [6.07, 6.45) is 9.19. The molecule has 3 N–H and O–H groups in total. The van der Waals surface area contributed by atoms with Crippen molar-refractivity contribution in [2.24, 2.45) is 5.73 Å². The second-order valence-corrected chi connectivity index (χ2v) is 5.45. The smallest absolute Gasteiger partial charge is 0.252 e. The lowest BCUT2D eigenvalue weighted by Gasteiger charge is -2.12. The lowest BCUT2D eigenvalue weighted by atomic mass is 9.99. The van der Waals surface area contributed by atoms with Crippen LogP contribution in [0.4, 0.5) is 0 Å². The van der Waals surface area contributed by atoms with E-state index in [-0.39, 0.29) is 13.3 Å². The van der Waals surface area contributed by atoms with Crippen LogP contribution in [0.1, 0.15) is 18.6 Å². The maximum Gasteiger partial charge on any atom is 0.252 e. The first kappa shape index (κ1) is 23.1. The number of benzene rings is 1. The number of nitrogens with two attached hydrogens (primary N) is 1. The van der Waals surface area contributed by atoms with E-state index in [0.717, 1.165) is 12.0 Å². The third kappa shape index (κ3) is 7.32. The molecule has 0 heterocycles. The molecule has 1 rings (SSSR count). The van der Waals surface area contributed by atoms with Crippen molar-refractivity contribution >= 4 is 5.91 Å². The van der Waals surface area contributed by atoms with Crippen LogP contribution < -0.4 is 11.1 Å². The third-order valence-corrected chi connectivity index (χ3v) is 3.58. The quantitative estimate of drug-likeness (QED) is 0.485. The summed E-state index contributed by atoms with van der Waals surface area (Å²) >= 11 is 0. The number of carbonyl (C=O) groups is 1. The first-order chi connectivity index (χ1) is 12.0. The van der Waals surface area contributed by atoms with Gasteiger partial charge in [-0.05, 0) is 41.3 Å². The van der Waals surface area contributed by atoms with Crippen molar-refractivity contribution in [2.45, 2.75) is 20.4 Å². The van der Waals surface area contributed by atoms with Crippen molar-refractivity contribution in [1.82, 2.24) is 5.32 Å². The van der Waals surface area contributed by atoms with Crippen LogP contribution >= 0.6 is 0 Å². The van der Waals surface area contributed by atoms with E-state index in [2.05, 4.69) is 31.6 Å². The largest absolute Gasteiger partial charge is 0.348 e. The van der Waals surface area contributed by atoms with Gasteiger partial charge in [-0.25, -0.2) is 0 Å². The summed E-state index contributed by atoms with van der Waals surface area (Å²) in [5, 5.41) is 2.90. The van der Waals surface area contributed by atoms with Crippen molar-refractivity contribution in [3.8, 4) is 0 Å². The van der Waals surface area contributed by atoms with Crippen LogP contribution in [0, 0.1) is 0 Å². The highest BCUT2D eigenvalue weighted by Gasteiger charge is 2.13.